The molecule has 36 heavy (non-hydrogen) atoms. The lowest BCUT2D eigenvalue weighted by atomic mass is 9.87. The zero-order chi connectivity index (χ0) is 25.7. The summed E-state index contributed by atoms with van der Waals surface area (Å²) in [5.41, 5.74) is 2.16. The SMILES string of the molecule is CC(C)c1ccc(C(NC(=O)C2CCCN2)C(=O)CCc2ccc(=O)[nH]n2)c(-c2ccccc2)c1F. The normalized spacial score (nSPS) is 16.2. The fraction of sp³-hybridized carbons (Fsp3) is 0.357. The molecule has 0 saturated carbocycles. The first kappa shape index (κ1) is 25.4. The van der Waals surface area contributed by atoms with Crippen LogP contribution in [0, 0.1) is 5.82 Å². The predicted octanol–water partition coefficient (Wildman–Crippen LogP) is 3.81. The molecule has 3 aromatic rings. The summed E-state index contributed by atoms with van der Waals surface area (Å²) < 4.78 is 15.9. The lowest BCUT2D eigenvalue weighted by Crippen LogP contribution is -2.44. The molecule has 1 saturated heterocycles. The molecule has 7 nitrogen and oxygen atoms in total. The number of nitrogens with zero attached hydrogens (tertiary/aromatic N) is 1. The van der Waals surface area contributed by atoms with Crippen LogP contribution < -0.4 is 16.2 Å². The molecule has 3 N–H and O–H groups in total. The van der Waals surface area contributed by atoms with Crippen molar-refractivity contribution in [2.45, 2.75) is 57.5 Å². The van der Waals surface area contributed by atoms with Crippen LogP contribution in [-0.4, -0.2) is 34.5 Å². The Morgan fingerprint density at radius 1 is 1.08 bits per heavy atom. The number of rotatable bonds is 9. The second-order valence-electron chi connectivity index (χ2n) is 9.42. The molecule has 1 aromatic heterocycles. The number of aromatic nitrogens is 2. The predicted molar refractivity (Wildman–Crippen MR) is 136 cm³/mol. The fourth-order valence-electron chi connectivity index (χ4n) is 4.58. The molecule has 2 atom stereocenters. The summed E-state index contributed by atoms with van der Waals surface area (Å²) >= 11 is 0. The van der Waals surface area contributed by atoms with E-state index >= 15 is 4.39 Å². The number of benzene rings is 2. The highest BCUT2D eigenvalue weighted by molar-refractivity contribution is 5.93. The third-order valence-corrected chi connectivity index (χ3v) is 6.55. The maximum Gasteiger partial charge on any atom is 0.264 e. The Hall–Kier alpha value is -3.65. The van der Waals surface area contributed by atoms with Crippen LogP contribution in [0.25, 0.3) is 11.1 Å². The second kappa shape index (κ2) is 11.4. The van der Waals surface area contributed by atoms with E-state index in [4.69, 9.17) is 0 Å². The van der Waals surface area contributed by atoms with Crippen LogP contribution in [0.4, 0.5) is 4.39 Å². The maximum absolute atomic E-state index is 15.9. The quantitative estimate of drug-likeness (QED) is 0.423. The topological polar surface area (TPSA) is 104 Å². The first-order valence-electron chi connectivity index (χ1n) is 12.3. The van der Waals surface area contributed by atoms with Crippen LogP contribution in [0.15, 0.2) is 59.4 Å². The summed E-state index contributed by atoms with van der Waals surface area (Å²) in [4.78, 5) is 38.0. The number of hydrogen-bond acceptors (Lipinski definition) is 5. The van der Waals surface area contributed by atoms with Crippen molar-refractivity contribution >= 4 is 11.7 Å². The standard InChI is InChI=1S/C28H31FN4O3/c1-17(2)20-12-13-21(25(26(20)29)18-7-4-3-5-8-18)27(31-28(36)22-9-6-16-30-22)23(34)14-10-19-11-15-24(35)33-32-19/h3-5,7-8,11-13,15,17,22,27,30H,6,9-10,14,16H2,1-2H3,(H,31,36)(H,33,35). The Labute approximate surface area is 209 Å². The number of H-pyrrole nitrogens is 1. The zero-order valence-corrected chi connectivity index (χ0v) is 20.5. The molecule has 1 fully saturated rings. The Morgan fingerprint density at radius 2 is 1.83 bits per heavy atom. The molecule has 8 heteroatoms. The molecular weight excluding hydrogens is 459 g/mol. The minimum Gasteiger partial charge on any atom is -0.341 e. The van der Waals surface area contributed by atoms with Crippen molar-refractivity contribution in [2.75, 3.05) is 6.54 Å². The van der Waals surface area contributed by atoms with Crippen LogP contribution in [0.5, 0.6) is 0 Å². The molecule has 1 aliphatic heterocycles. The first-order chi connectivity index (χ1) is 17.3. The number of ketones is 1. The van der Waals surface area contributed by atoms with Gasteiger partial charge in [0.2, 0.25) is 5.91 Å². The van der Waals surface area contributed by atoms with Crippen molar-refractivity contribution in [3.8, 4) is 11.1 Å². The molecule has 1 aliphatic rings. The average molecular weight is 491 g/mol. The number of aryl methyl sites for hydroxylation is 1. The minimum absolute atomic E-state index is 0.0562. The third kappa shape index (κ3) is 5.76. The van der Waals surface area contributed by atoms with Gasteiger partial charge in [-0.2, -0.15) is 5.10 Å². The van der Waals surface area contributed by atoms with Gasteiger partial charge in [0.15, 0.2) is 5.78 Å². The van der Waals surface area contributed by atoms with Crippen molar-refractivity contribution in [3.05, 3.63) is 87.6 Å². The summed E-state index contributed by atoms with van der Waals surface area (Å²) in [7, 11) is 0. The van der Waals surface area contributed by atoms with Gasteiger partial charge in [-0.3, -0.25) is 14.4 Å². The van der Waals surface area contributed by atoms with Gasteiger partial charge in [-0.25, -0.2) is 9.49 Å². The zero-order valence-electron chi connectivity index (χ0n) is 20.5. The molecule has 2 aromatic carbocycles. The van der Waals surface area contributed by atoms with Gasteiger partial charge in [-0.15, -0.1) is 0 Å². The average Bonchev–Trinajstić information content (AvgIpc) is 3.42. The molecule has 0 aliphatic carbocycles. The molecular formula is C28H31FN4O3. The van der Waals surface area contributed by atoms with Gasteiger partial charge in [0.1, 0.15) is 11.9 Å². The van der Waals surface area contributed by atoms with Gasteiger partial charge >= 0.3 is 0 Å². The summed E-state index contributed by atoms with van der Waals surface area (Å²) in [6.07, 6.45) is 1.89. The van der Waals surface area contributed by atoms with Gasteiger partial charge < -0.3 is 10.6 Å². The molecule has 4 rings (SSSR count). The van der Waals surface area contributed by atoms with Crippen LogP contribution in [0.1, 0.15) is 61.9 Å². The Balaban J connectivity index is 1.74. The van der Waals surface area contributed by atoms with E-state index < -0.39 is 6.04 Å². The number of carbonyl (C=O) groups excluding carboxylic acids is 2. The highest BCUT2D eigenvalue weighted by Gasteiger charge is 2.31. The highest BCUT2D eigenvalue weighted by atomic mass is 19.1. The van der Waals surface area contributed by atoms with E-state index in [1.54, 1.807) is 30.3 Å². The molecule has 0 spiro atoms. The van der Waals surface area contributed by atoms with E-state index in [1.165, 1.54) is 6.07 Å². The number of amides is 1. The van der Waals surface area contributed by atoms with Crippen molar-refractivity contribution in [3.63, 3.8) is 0 Å². The molecule has 2 unspecified atom stereocenters. The van der Waals surface area contributed by atoms with Crippen LogP contribution in [0.3, 0.4) is 0 Å². The Kier molecular flexibility index (Phi) is 8.05. The Morgan fingerprint density at radius 3 is 2.47 bits per heavy atom. The van der Waals surface area contributed by atoms with Crippen LogP contribution >= 0.6 is 0 Å². The minimum atomic E-state index is -1.03. The van der Waals surface area contributed by atoms with E-state index in [2.05, 4.69) is 20.8 Å². The summed E-state index contributed by atoms with van der Waals surface area (Å²) in [5, 5.41) is 12.4. The number of nitrogens with one attached hydrogen (secondary N) is 3. The van der Waals surface area contributed by atoms with Gasteiger partial charge in [0, 0.05) is 18.1 Å². The maximum atomic E-state index is 15.9. The summed E-state index contributed by atoms with van der Waals surface area (Å²) in [5.74, 6) is -0.982. The van der Waals surface area contributed by atoms with Gasteiger partial charge in [-0.1, -0.05) is 56.3 Å². The number of halogens is 1. The van der Waals surface area contributed by atoms with Gasteiger partial charge in [0.25, 0.3) is 5.56 Å². The summed E-state index contributed by atoms with van der Waals surface area (Å²) in [6.45, 7) is 4.57. The van der Waals surface area contributed by atoms with E-state index in [0.29, 0.717) is 34.4 Å². The Bertz CT molecular complexity index is 1260. The van der Waals surface area contributed by atoms with Gasteiger partial charge in [0.05, 0.1) is 11.7 Å². The van der Waals surface area contributed by atoms with E-state index in [-0.39, 0.29) is 47.9 Å². The molecule has 188 valence electrons. The molecule has 0 radical (unpaired) electrons. The first-order valence-corrected chi connectivity index (χ1v) is 12.3. The van der Waals surface area contributed by atoms with Crippen LogP contribution in [-0.2, 0) is 16.0 Å². The van der Waals surface area contributed by atoms with Crippen LogP contribution in [0.2, 0.25) is 0 Å². The lowest BCUT2D eigenvalue weighted by molar-refractivity contribution is -0.129. The highest BCUT2D eigenvalue weighted by Crippen LogP contribution is 2.36. The largest absolute Gasteiger partial charge is 0.341 e. The fourth-order valence-corrected chi connectivity index (χ4v) is 4.58. The van der Waals surface area contributed by atoms with Crippen molar-refractivity contribution in [1.82, 2.24) is 20.8 Å². The lowest BCUT2D eigenvalue weighted by Gasteiger charge is -2.25. The molecule has 1 amide bonds. The second-order valence-corrected chi connectivity index (χ2v) is 9.42. The third-order valence-electron chi connectivity index (χ3n) is 6.55. The number of aromatic amines is 1. The van der Waals surface area contributed by atoms with Crippen molar-refractivity contribution in [1.29, 1.82) is 0 Å². The van der Waals surface area contributed by atoms with E-state index in [0.717, 1.165) is 13.0 Å². The number of carbonyl (C=O) groups is 2. The smallest absolute Gasteiger partial charge is 0.264 e. The number of hydrogen-bond donors (Lipinski definition) is 3. The molecule has 2 heterocycles. The monoisotopic (exact) mass is 490 g/mol. The summed E-state index contributed by atoms with van der Waals surface area (Å²) in [6, 6.07) is 14.0. The van der Waals surface area contributed by atoms with E-state index in [1.807, 2.05) is 32.0 Å². The van der Waals surface area contributed by atoms with Gasteiger partial charge in [-0.05, 0) is 54.5 Å². The number of Topliss-reactive ketones (excluding diaryl/α,β-unsaturated/α-hetero) is 1. The van der Waals surface area contributed by atoms with E-state index in [9.17, 15) is 14.4 Å². The van der Waals surface area contributed by atoms with Crippen molar-refractivity contribution < 1.29 is 14.0 Å². The molecule has 0 bridgehead atoms. The van der Waals surface area contributed by atoms with Crippen molar-refractivity contribution in [2.24, 2.45) is 0 Å².